The molecule has 0 bridgehead atoms. The van der Waals surface area contributed by atoms with Crippen molar-refractivity contribution in [2.45, 2.75) is 37.3 Å². The summed E-state index contributed by atoms with van der Waals surface area (Å²) in [4.78, 5) is 3.06. The van der Waals surface area contributed by atoms with Crippen LogP contribution >= 0.6 is 23.5 Å². The molecule has 1 aromatic carbocycles. The van der Waals surface area contributed by atoms with Crippen molar-refractivity contribution in [3.63, 3.8) is 0 Å². The van der Waals surface area contributed by atoms with Crippen LogP contribution in [0.4, 0.5) is 4.39 Å². The van der Waals surface area contributed by atoms with Crippen molar-refractivity contribution in [1.82, 2.24) is 4.90 Å². The molecular formula is C16H26FNOS2. The number of halogens is 1. The first-order valence-electron chi connectivity index (χ1n) is 7.48. The van der Waals surface area contributed by atoms with E-state index in [9.17, 15) is 9.50 Å². The van der Waals surface area contributed by atoms with Gasteiger partial charge in [-0.3, -0.25) is 4.90 Å². The molecule has 0 amide bonds. The maximum atomic E-state index is 12.8. The lowest BCUT2D eigenvalue weighted by Crippen LogP contribution is -2.33. The Labute approximate surface area is 136 Å². The fourth-order valence-corrected chi connectivity index (χ4v) is 3.56. The van der Waals surface area contributed by atoms with Crippen molar-refractivity contribution in [2.24, 2.45) is 0 Å². The second-order valence-electron chi connectivity index (χ2n) is 5.02. The van der Waals surface area contributed by atoms with Gasteiger partial charge >= 0.3 is 0 Å². The minimum atomic E-state index is -0.394. The summed E-state index contributed by atoms with van der Waals surface area (Å²) in [7, 11) is 1.97. The van der Waals surface area contributed by atoms with Crippen LogP contribution in [0.3, 0.4) is 0 Å². The highest BCUT2D eigenvalue weighted by molar-refractivity contribution is 7.99. The molecular weight excluding hydrogens is 305 g/mol. The molecule has 2 nitrogen and oxygen atoms in total. The molecule has 0 aliphatic rings. The van der Waals surface area contributed by atoms with Gasteiger partial charge in [0.15, 0.2) is 0 Å². The van der Waals surface area contributed by atoms with Gasteiger partial charge in [0.1, 0.15) is 12.0 Å². The predicted octanol–water partition coefficient (Wildman–Crippen LogP) is 4.09. The van der Waals surface area contributed by atoms with Crippen molar-refractivity contribution in [2.75, 3.05) is 30.9 Å². The lowest BCUT2D eigenvalue weighted by molar-refractivity contribution is 0.0209. The summed E-state index contributed by atoms with van der Waals surface area (Å²) < 4.78 is 12.8. The van der Waals surface area contributed by atoms with Gasteiger partial charge in [-0.25, -0.2) is 4.39 Å². The Morgan fingerprint density at radius 3 is 2.57 bits per heavy atom. The lowest BCUT2D eigenvalue weighted by Gasteiger charge is -2.23. The number of hydrogen-bond acceptors (Lipinski definition) is 4. The summed E-state index contributed by atoms with van der Waals surface area (Å²) in [6, 6.07) is 6.50. The van der Waals surface area contributed by atoms with E-state index < -0.39 is 6.23 Å². The Bertz CT molecular complexity index is 375. The van der Waals surface area contributed by atoms with Crippen LogP contribution in [0.5, 0.6) is 0 Å². The molecule has 0 spiro atoms. The van der Waals surface area contributed by atoms with E-state index in [0.29, 0.717) is 0 Å². The van der Waals surface area contributed by atoms with Crippen LogP contribution in [0.2, 0.25) is 0 Å². The number of thioether (sulfide) groups is 2. The molecule has 120 valence electrons. The van der Waals surface area contributed by atoms with E-state index in [0.717, 1.165) is 35.8 Å². The van der Waals surface area contributed by atoms with Crippen LogP contribution in [-0.4, -0.2) is 47.1 Å². The Morgan fingerprint density at radius 1 is 1.19 bits per heavy atom. The topological polar surface area (TPSA) is 23.5 Å². The second kappa shape index (κ2) is 11.4. The van der Waals surface area contributed by atoms with Gasteiger partial charge in [-0.05, 0) is 62.1 Å². The van der Waals surface area contributed by atoms with Crippen LogP contribution in [-0.2, 0) is 0 Å². The molecule has 1 atom stereocenters. The summed E-state index contributed by atoms with van der Waals surface area (Å²) in [5, 5.41) is 10.1. The van der Waals surface area contributed by atoms with Crippen LogP contribution in [0.1, 0.15) is 26.2 Å². The normalized spacial score (nSPS) is 12.8. The highest BCUT2D eigenvalue weighted by Gasteiger charge is 2.10. The summed E-state index contributed by atoms with van der Waals surface area (Å²) >= 11 is 3.63. The maximum Gasteiger partial charge on any atom is 0.123 e. The number of nitrogens with zero attached hydrogens (tertiary/aromatic N) is 1. The zero-order valence-corrected chi connectivity index (χ0v) is 14.6. The zero-order valence-electron chi connectivity index (χ0n) is 12.9. The largest absolute Gasteiger partial charge is 0.378 e. The Kier molecular flexibility index (Phi) is 10.2. The van der Waals surface area contributed by atoms with Crippen molar-refractivity contribution in [3.05, 3.63) is 30.1 Å². The van der Waals surface area contributed by atoms with Gasteiger partial charge in [-0.1, -0.05) is 6.92 Å². The van der Waals surface area contributed by atoms with Crippen LogP contribution in [0.25, 0.3) is 0 Å². The van der Waals surface area contributed by atoms with Gasteiger partial charge in [0.05, 0.1) is 0 Å². The molecule has 5 heteroatoms. The smallest absolute Gasteiger partial charge is 0.123 e. The Hall–Kier alpha value is -0.230. The van der Waals surface area contributed by atoms with Gasteiger partial charge in [-0.15, -0.1) is 11.8 Å². The van der Waals surface area contributed by atoms with E-state index in [1.54, 1.807) is 23.9 Å². The average molecular weight is 332 g/mol. The fourth-order valence-electron chi connectivity index (χ4n) is 1.84. The molecule has 0 radical (unpaired) electrons. The maximum absolute atomic E-state index is 12.8. The van der Waals surface area contributed by atoms with Crippen LogP contribution < -0.4 is 0 Å². The molecule has 1 rings (SSSR count). The molecule has 0 aromatic heterocycles. The monoisotopic (exact) mass is 331 g/mol. The van der Waals surface area contributed by atoms with Gasteiger partial charge in [0.25, 0.3) is 0 Å². The third kappa shape index (κ3) is 8.71. The van der Waals surface area contributed by atoms with E-state index in [4.69, 9.17) is 0 Å². The Morgan fingerprint density at radius 2 is 1.90 bits per heavy atom. The van der Waals surface area contributed by atoms with E-state index in [1.165, 1.54) is 24.3 Å². The molecule has 0 aliphatic carbocycles. The minimum Gasteiger partial charge on any atom is -0.378 e. The molecule has 0 heterocycles. The van der Waals surface area contributed by atoms with E-state index >= 15 is 0 Å². The zero-order chi connectivity index (χ0) is 15.5. The average Bonchev–Trinajstić information content (AvgIpc) is 2.48. The standard InChI is InChI=1S/C16H26FNOS2/c1-3-11-20-12-4-10-18(2)16(19)9-13-21-15-7-5-14(17)6-8-15/h5-8,16,19H,3-4,9-13H2,1-2H3. The first-order chi connectivity index (χ1) is 10.1. The third-order valence-corrected chi connectivity index (χ3v) is 5.43. The predicted molar refractivity (Wildman–Crippen MR) is 92.6 cm³/mol. The van der Waals surface area contributed by atoms with Gasteiger partial charge < -0.3 is 5.11 Å². The van der Waals surface area contributed by atoms with E-state index in [-0.39, 0.29) is 5.82 Å². The molecule has 0 fully saturated rings. The molecule has 21 heavy (non-hydrogen) atoms. The molecule has 1 N–H and O–H groups in total. The molecule has 0 saturated carbocycles. The van der Waals surface area contributed by atoms with Crippen LogP contribution in [0, 0.1) is 5.82 Å². The van der Waals surface area contributed by atoms with Gasteiger partial charge in [0.2, 0.25) is 0 Å². The molecule has 0 aliphatic heterocycles. The summed E-state index contributed by atoms with van der Waals surface area (Å²) in [6.45, 7) is 3.13. The van der Waals surface area contributed by atoms with Gasteiger partial charge in [0, 0.05) is 17.2 Å². The van der Waals surface area contributed by atoms with Gasteiger partial charge in [-0.2, -0.15) is 11.8 Å². The first-order valence-corrected chi connectivity index (χ1v) is 9.62. The van der Waals surface area contributed by atoms with E-state index in [2.05, 4.69) is 6.92 Å². The van der Waals surface area contributed by atoms with Crippen molar-refractivity contribution in [3.8, 4) is 0 Å². The summed E-state index contributed by atoms with van der Waals surface area (Å²) in [5.41, 5.74) is 0. The molecule has 1 unspecified atom stereocenters. The number of benzene rings is 1. The van der Waals surface area contributed by atoms with E-state index in [1.807, 2.05) is 23.7 Å². The van der Waals surface area contributed by atoms with Crippen molar-refractivity contribution in [1.29, 1.82) is 0 Å². The van der Waals surface area contributed by atoms with Crippen LogP contribution in [0.15, 0.2) is 29.2 Å². The van der Waals surface area contributed by atoms with Crippen molar-refractivity contribution < 1.29 is 9.50 Å². The summed E-state index contributed by atoms with van der Waals surface area (Å²) in [5.74, 6) is 3.01. The quantitative estimate of drug-likeness (QED) is 0.375. The molecule has 0 saturated heterocycles. The highest BCUT2D eigenvalue weighted by atomic mass is 32.2. The summed E-state index contributed by atoms with van der Waals surface area (Å²) in [6.07, 6.45) is 2.67. The number of aliphatic hydroxyl groups excluding tert-OH is 1. The number of hydrogen-bond donors (Lipinski definition) is 1. The van der Waals surface area contributed by atoms with Crippen molar-refractivity contribution >= 4 is 23.5 Å². The SMILES string of the molecule is CCCSCCCN(C)C(O)CCSc1ccc(F)cc1. The third-order valence-electron chi connectivity index (χ3n) is 3.12. The Balaban J connectivity index is 2.11. The number of aliphatic hydroxyl groups is 1. The molecule has 1 aromatic rings. The minimum absolute atomic E-state index is 0.208. The second-order valence-corrected chi connectivity index (χ2v) is 7.41. The number of rotatable bonds is 11. The highest BCUT2D eigenvalue weighted by Crippen LogP contribution is 2.20. The first kappa shape index (κ1) is 18.8. The lowest BCUT2D eigenvalue weighted by atomic mass is 10.3. The fraction of sp³-hybridized carbons (Fsp3) is 0.625.